The lowest BCUT2D eigenvalue weighted by molar-refractivity contribution is 0.191. The summed E-state index contributed by atoms with van der Waals surface area (Å²) in [5.74, 6) is 0.895. The van der Waals surface area contributed by atoms with Gasteiger partial charge in [0.25, 0.3) is 0 Å². The van der Waals surface area contributed by atoms with Crippen molar-refractivity contribution in [2.45, 2.75) is 32.9 Å². The van der Waals surface area contributed by atoms with Crippen molar-refractivity contribution in [3.8, 4) is 0 Å². The van der Waals surface area contributed by atoms with Crippen molar-refractivity contribution in [3.63, 3.8) is 0 Å². The van der Waals surface area contributed by atoms with E-state index in [9.17, 15) is 0 Å². The van der Waals surface area contributed by atoms with Crippen molar-refractivity contribution < 1.29 is 9.47 Å². The summed E-state index contributed by atoms with van der Waals surface area (Å²) in [5.41, 5.74) is 0.954. The maximum absolute atomic E-state index is 5.18. The van der Waals surface area contributed by atoms with E-state index in [1.165, 1.54) is 0 Å². The Kier molecular flexibility index (Phi) is 8.89. The van der Waals surface area contributed by atoms with Gasteiger partial charge in [0, 0.05) is 52.7 Å². The Morgan fingerprint density at radius 2 is 1.90 bits per heavy atom. The van der Waals surface area contributed by atoms with Crippen LogP contribution in [0, 0.1) is 0 Å². The fourth-order valence-electron chi connectivity index (χ4n) is 1.88. The molecule has 0 spiro atoms. The molecule has 21 heavy (non-hydrogen) atoms. The number of nitrogens with one attached hydrogen (secondary N) is 1. The summed E-state index contributed by atoms with van der Waals surface area (Å²) >= 11 is 0. The van der Waals surface area contributed by atoms with Crippen molar-refractivity contribution in [2.75, 3.05) is 45.4 Å². The third kappa shape index (κ3) is 7.36. The molecule has 0 amide bonds. The van der Waals surface area contributed by atoms with Gasteiger partial charge in [-0.2, -0.15) is 0 Å². The van der Waals surface area contributed by atoms with Gasteiger partial charge in [-0.05, 0) is 6.42 Å². The lowest BCUT2D eigenvalue weighted by Gasteiger charge is -2.23. The second-order valence-electron chi connectivity index (χ2n) is 5.23. The van der Waals surface area contributed by atoms with E-state index in [4.69, 9.17) is 9.47 Å². The van der Waals surface area contributed by atoms with Gasteiger partial charge in [0.1, 0.15) is 5.82 Å². The SMILES string of the molecule is COCCCN(CCOC)c1cncc(CNC(C)C)n1. The van der Waals surface area contributed by atoms with E-state index in [1.807, 2.05) is 6.20 Å². The molecule has 0 aromatic carbocycles. The molecule has 1 N–H and O–H groups in total. The normalized spacial score (nSPS) is 11.1. The zero-order valence-corrected chi connectivity index (χ0v) is 13.6. The molecular weight excluding hydrogens is 268 g/mol. The van der Waals surface area contributed by atoms with Crippen LogP contribution < -0.4 is 10.2 Å². The molecule has 0 atom stereocenters. The first-order valence-electron chi connectivity index (χ1n) is 7.44. The summed E-state index contributed by atoms with van der Waals surface area (Å²) in [6.07, 6.45) is 4.57. The average molecular weight is 296 g/mol. The van der Waals surface area contributed by atoms with Gasteiger partial charge in [-0.1, -0.05) is 13.8 Å². The summed E-state index contributed by atoms with van der Waals surface area (Å²) in [6, 6.07) is 0.432. The predicted octanol–water partition coefficient (Wildman–Crippen LogP) is 1.46. The topological polar surface area (TPSA) is 59.5 Å². The van der Waals surface area contributed by atoms with Crippen LogP contribution >= 0.6 is 0 Å². The predicted molar refractivity (Wildman–Crippen MR) is 84.6 cm³/mol. The Balaban J connectivity index is 2.68. The largest absolute Gasteiger partial charge is 0.385 e. The molecule has 0 bridgehead atoms. The number of hydrogen-bond acceptors (Lipinski definition) is 6. The monoisotopic (exact) mass is 296 g/mol. The molecule has 0 unspecified atom stereocenters. The van der Waals surface area contributed by atoms with Crippen LogP contribution in [0.15, 0.2) is 12.4 Å². The minimum absolute atomic E-state index is 0.432. The van der Waals surface area contributed by atoms with Crippen molar-refractivity contribution >= 4 is 5.82 Å². The van der Waals surface area contributed by atoms with Gasteiger partial charge < -0.3 is 19.7 Å². The summed E-state index contributed by atoms with van der Waals surface area (Å²) < 4.78 is 10.3. The molecule has 1 aromatic heterocycles. The van der Waals surface area contributed by atoms with Crippen LogP contribution in [-0.4, -0.2) is 56.5 Å². The van der Waals surface area contributed by atoms with Gasteiger partial charge in [0.2, 0.25) is 0 Å². The minimum Gasteiger partial charge on any atom is -0.385 e. The molecule has 0 saturated heterocycles. The van der Waals surface area contributed by atoms with Gasteiger partial charge in [0.15, 0.2) is 0 Å². The molecule has 120 valence electrons. The highest BCUT2D eigenvalue weighted by Gasteiger charge is 2.09. The summed E-state index contributed by atoms with van der Waals surface area (Å²) in [5, 5.41) is 3.36. The molecular formula is C15H28N4O2. The minimum atomic E-state index is 0.432. The Morgan fingerprint density at radius 1 is 1.14 bits per heavy atom. The number of hydrogen-bond donors (Lipinski definition) is 1. The maximum atomic E-state index is 5.18. The van der Waals surface area contributed by atoms with Crippen molar-refractivity contribution in [2.24, 2.45) is 0 Å². The number of methoxy groups -OCH3 is 2. The van der Waals surface area contributed by atoms with E-state index in [2.05, 4.69) is 34.0 Å². The van der Waals surface area contributed by atoms with Crippen LogP contribution in [0.3, 0.4) is 0 Å². The van der Waals surface area contributed by atoms with Crippen molar-refractivity contribution in [1.82, 2.24) is 15.3 Å². The lowest BCUT2D eigenvalue weighted by atomic mass is 10.3. The Labute approximate surface area is 127 Å². The number of aromatic nitrogens is 2. The Hall–Kier alpha value is -1.24. The summed E-state index contributed by atoms with van der Waals surface area (Å²) in [4.78, 5) is 11.2. The molecule has 1 rings (SSSR count). The van der Waals surface area contributed by atoms with Gasteiger partial charge >= 0.3 is 0 Å². The molecule has 6 heteroatoms. The van der Waals surface area contributed by atoms with E-state index in [0.29, 0.717) is 12.6 Å². The third-order valence-corrected chi connectivity index (χ3v) is 3.03. The molecule has 6 nitrogen and oxygen atoms in total. The quantitative estimate of drug-likeness (QED) is 0.624. The highest BCUT2D eigenvalue weighted by atomic mass is 16.5. The summed E-state index contributed by atoms with van der Waals surface area (Å²) in [7, 11) is 3.43. The fourth-order valence-corrected chi connectivity index (χ4v) is 1.88. The lowest BCUT2D eigenvalue weighted by Crippen LogP contribution is -2.30. The molecule has 0 saturated carbocycles. The first-order chi connectivity index (χ1) is 10.2. The Bertz CT molecular complexity index is 388. The van der Waals surface area contributed by atoms with E-state index in [1.54, 1.807) is 20.4 Å². The van der Waals surface area contributed by atoms with Gasteiger partial charge in [0.05, 0.1) is 18.5 Å². The van der Waals surface area contributed by atoms with Crippen LogP contribution in [0.2, 0.25) is 0 Å². The highest BCUT2D eigenvalue weighted by Crippen LogP contribution is 2.10. The summed E-state index contributed by atoms with van der Waals surface area (Å²) in [6.45, 7) is 8.06. The maximum Gasteiger partial charge on any atom is 0.147 e. The number of rotatable bonds is 11. The molecule has 0 aliphatic carbocycles. The van der Waals surface area contributed by atoms with Crippen molar-refractivity contribution in [3.05, 3.63) is 18.1 Å². The molecule has 1 heterocycles. The Morgan fingerprint density at radius 3 is 2.57 bits per heavy atom. The van der Waals surface area contributed by atoms with Crippen LogP contribution in [0.1, 0.15) is 26.0 Å². The smallest absolute Gasteiger partial charge is 0.147 e. The van der Waals surface area contributed by atoms with Crippen molar-refractivity contribution in [1.29, 1.82) is 0 Å². The van der Waals surface area contributed by atoms with Crippen LogP contribution in [-0.2, 0) is 16.0 Å². The van der Waals surface area contributed by atoms with E-state index >= 15 is 0 Å². The zero-order chi connectivity index (χ0) is 15.5. The zero-order valence-electron chi connectivity index (χ0n) is 13.6. The average Bonchev–Trinajstić information content (AvgIpc) is 2.49. The van der Waals surface area contributed by atoms with Gasteiger partial charge in [-0.25, -0.2) is 4.98 Å². The second kappa shape index (κ2) is 10.5. The first kappa shape index (κ1) is 17.8. The first-order valence-corrected chi connectivity index (χ1v) is 7.44. The van der Waals surface area contributed by atoms with Crippen LogP contribution in [0.25, 0.3) is 0 Å². The third-order valence-electron chi connectivity index (χ3n) is 3.03. The second-order valence-corrected chi connectivity index (χ2v) is 5.23. The van der Waals surface area contributed by atoms with Gasteiger partial charge in [-0.3, -0.25) is 4.98 Å². The number of nitrogens with zero attached hydrogens (tertiary/aromatic N) is 3. The molecule has 1 aromatic rings. The van der Waals surface area contributed by atoms with E-state index in [0.717, 1.165) is 44.2 Å². The fraction of sp³-hybridized carbons (Fsp3) is 0.733. The molecule has 0 aliphatic rings. The van der Waals surface area contributed by atoms with Crippen LogP contribution in [0.5, 0.6) is 0 Å². The van der Waals surface area contributed by atoms with E-state index in [-0.39, 0.29) is 0 Å². The molecule has 0 aliphatic heterocycles. The van der Waals surface area contributed by atoms with Crippen LogP contribution in [0.4, 0.5) is 5.82 Å². The molecule has 0 radical (unpaired) electrons. The number of ether oxygens (including phenoxy) is 2. The standard InChI is InChI=1S/C15H28N4O2/c1-13(2)17-11-14-10-16-12-15(18-14)19(7-9-21-4)6-5-8-20-3/h10,12-13,17H,5-9,11H2,1-4H3. The van der Waals surface area contributed by atoms with E-state index < -0.39 is 0 Å². The molecule has 0 fully saturated rings. The highest BCUT2D eigenvalue weighted by molar-refractivity contribution is 5.36. The number of anilines is 1. The van der Waals surface area contributed by atoms with Gasteiger partial charge in [-0.15, -0.1) is 0 Å².